The summed E-state index contributed by atoms with van der Waals surface area (Å²) in [5.74, 6) is -0.980. The van der Waals surface area contributed by atoms with Crippen LogP contribution in [0.4, 0.5) is 0 Å². The fourth-order valence-corrected chi connectivity index (χ4v) is 3.67. The third-order valence-corrected chi connectivity index (χ3v) is 5.04. The molecule has 2 atom stereocenters. The van der Waals surface area contributed by atoms with Crippen molar-refractivity contribution in [1.82, 2.24) is 0 Å². The summed E-state index contributed by atoms with van der Waals surface area (Å²) in [6.45, 7) is 7.75. The van der Waals surface area contributed by atoms with Gasteiger partial charge in [0.15, 0.2) is 0 Å². The summed E-state index contributed by atoms with van der Waals surface area (Å²) in [7, 11) is -5.99. The first kappa shape index (κ1) is 16.1. The Bertz CT molecular complexity index is 198. The quantitative estimate of drug-likeness (QED) is 0.459. The minimum absolute atomic E-state index is 0.342. The van der Waals surface area contributed by atoms with Crippen molar-refractivity contribution in [2.24, 2.45) is 0 Å². The fourth-order valence-electron chi connectivity index (χ4n) is 1.01. The van der Waals surface area contributed by atoms with E-state index in [9.17, 15) is 9.46 Å². The zero-order chi connectivity index (χ0) is 12.6. The Balaban J connectivity index is 4.64. The van der Waals surface area contributed by atoms with Gasteiger partial charge in [0.05, 0.1) is 0 Å². The molecule has 0 saturated heterocycles. The molecule has 2 unspecified atom stereocenters. The minimum atomic E-state index is -3.31. The normalized spacial score (nSPS) is 14.9. The largest absolute Gasteiger partial charge is 0.683 e. The lowest BCUT2D eigenvalue weighted by Gasteiger charge is -2.27. The van der Waals surface area contributed by atoms with Crippen molar-refractivity contribution in [2.45, 2.75) is 33.5 Å². The summed E-state index contributed by atoms with van der Waals surface area (Å²) in [5.41, 5.74) is 0. The third kappa shape index (κ3) is 5.45. The summed E-state index contributed by atoms with van der Waals surface area (Å²) in [4.78, 5) is 10.8. The van der Waals surface area contributed by atoms with Gasteiger partial charge in [-0.3, -0.25) is 0 Å². The summed E-state index contributed by atoms with van der Waals surface area (Å²) in [5, 5.41) is 0. The number of hydrogen-bond acceptors (Lipinski definition) is 6. The fraction of sp³-hybridized carbons (Fsp3) is 1.00. The Hall–Kier alpha value is 0.117. The molecular formula is C8H19O6PSi. The molecule has 6 nitrogen and oxygen atoms in total. The maximum Gasteiger partial charge on any atom is 0.683 e. The highest BCUT2D eigenvalue weighted by molar-refractivity contribution is 7.37. The van der Waals surface area contributed by atoms with Gasteiger partial charge in [-0.15, -0.1) is 0 Å². The molecule has 0 aromatic heterocycles. The van der Waals surface area contributed by atoms with E-state index in [-0.39, 0.29) is 0 Å². The summed E-state index contributed by atoms with van der Waals surface area (Å²) in [6, 6.07) is 0. The van der Waals surface area contributed by atoms with Gasteiger partial charge < -0.3 is 22.6 Å². The second-order valence-corrected chi connectivity index (χ2v) is 6.20. The van der Waals surface area contributed by atoms with Crippen LogP contribution in [-0.4, -0.2) is 34.7 Å². The molecule has 16 heavy (non-hydrogen) atoms. The van der Waals surface area contributed by atoms with Crippen LogP contribution in [0, 0.1) is 0 Å². The average Bonchev–Trinajstić information content (AvgIpc) is 2.18. The second kappa shape index (κ2) is 8.24. The van der Waals surface area contributed by atoms with Gasteiger partial charge in [0.2, 0.25) is 5.85 Å². The molecule has 96 valence electrons. The van der Waals surface area contributed by atoms with Crippen LogP contribution in [0.25, 0.3) is 0 Å². The van der Waals surface area contributed by atoms with Gasteiger partial charge >= 0.3 is 17.1 Å². The van der Waals surface area contributed by atoms with Gasteiger partial charge in [-0.1, -0.05) is 4.57 Å². The Kier molecular flexibility index (Phi) is 8.30. The van der Waals surface area contributed by atoms with Crippen LogP contribution in [0.5, 0.6) is 0 Å². The molecule has 0 radical (unpaired) electrons. The van der Waals surface area contributed by atoms with Crippen LogP contribution in [0.2, 0.25) is 0 Å². The second-order valence-electron chi connectivity index (χ2n) is 2.80. The van der Waals surface area contributed by atoms with Gasteiger partial charge in [-0.2, -0.15) is 0 Å². The molecule has 0 aliphatic heterocycles. The maximum atomic E-state index is 10.8. The van der Waals surface area contributed by atoms with Crippen LogP contribution in [0.3, 0.4) is 0 Å². The van der Waals surface area contributed by atoms with E-state index in [1.165, 1.54) is 6.92 Å². The molecule has 0 aliphatic carbocycles. The van der Waals surface area contributed by atoms with Crippen molar-refractivity contribution in [3.63, 3.8) is 0 Å². The molecule has 0 amide bonds. The Morgan fingerprint density at radius 2 is 1.50 bits per heavy atom. The molecule has 0 saturated carbocycles. The average molecular weight is 270 g/mol. The van der Waals surface area contributed by atoms with E-state index in [2.05, 4.69) is 0 Å². The molecule has 0 aromatic rings. The van der Waals surface area contributed by atoms with Gasteiger partial charge in [0.25, 0.3) is 0 Å². The molecule has 8 heteroatoms. The highest BCUT2D eigenvalue weighted by atomic mass is 31.1. The van der Waals surface area contributed by atoms with Gasteiger partial charge in [-0.25, -0.2) is 0 Å². The Labute approximate surface area is 98.2 Å². The topological polar surface area (TPSA) is 77.0 Å². The first-order valence-corrected chi connectivity index (χ1v) is 8.12. The van der Waals surface area contributed by atoms with E-state index < -0.39 is 22.9 Å². The van der Waals surface area contributed by atoms with Crippen molar-refractivity contribution >= 4 is 17.1 Å². The van der Waals surface area contributed by atoms with Crippen LogP contribution >= 0.6 is 8.03 Å². The highest BCUT2D eigenvalue weighted by Gasteiger charge is 2.48. The first-order valence-electron chi connectivity index (χ1n) is 5.24. The van der Waals surface area contributed by atoms with Crippen LogP contribution in [0.1, 0.15) is 27.7 Å². The van der Waals surface area contributed by atoms with Crippen molar-refractivity contribution in [3.05, 3.63) is 0 Å². The molecule has 0 aliphatic rings. The maximum absolute atomic E-state index is 10.8. The molecule has 0 bridgehead atoms. The van der Waals surface area contributed by atoms with Gasteiger partial charge in [-0.05, 0) is 20.8 Å². The summed E-state index contributed by atoms with van der Waals surface area (Å²) in [6.07, 6.45) is 0. The molecule has 0 N–H and O–H groups in total. The van der Waals surface area contributed by atoms with E-state index in [4.69, 9.17) is 17.7 Å². The predicted octanol–water partition coefficient (Wildman–Crippen LogP) is 0.997. The van der Waals surface area contributed by atoms with Crippen LogP contribution in [-0.2, 0) is 22.3 Å². The van der Waals surface area contributed by atoms with E-state index in [1.807, 2.05) is 0 Å². The van der Waals surface area contributed by atoms with Crippen molar-refractivity contribution in [1.29, 1.82) is 0 Å². The Morgan fingerprint density at radius 3 is 1.75 bits per heavy atom. The Morgan fingerprint density at radius 1 is 1.12 bits per heavy atom. The summed E-state index contributed by atoms with van der Waals surface area (Å²) >= 11 is 0. The van der Waals surface area contributed by atoms with Gasteiger partial charge in [0.1, 0.15) is 0 Å². The van der Waals surface area contributed by atoms with Gasteiger partial charge in [0, 0.05) is 26.7 Å². The first-order chi connectivity index (χ1) is 7.51. The van der Waals surface area contributed by atoms with E-state index in [0.29, 0.717) is 19.8 Å². The van der Waals surface area contributed by atoms with E-state index >= 15 is 0 Å². The highest BCUT2D eigenvalue weighted by Crippen LogP contribution is 2.24. The SMILES string of the molecule is CCO[Si](OCC)(OCC)OC(C)[P+](=O)[O-]. The molecule has 0 aromatic carbocycles. The zero-order valence-corrected chi connectivity index (χ0v) is 12.0. The minimum Gasteiger partial charge on any atom is -0.593 e. The standard InChI is InChI=1S/C8H19O6PSi/c1-5-11-16(12-6-2,13-7-3)14-8(4)15(9)10/h8H,5-7H2,1-4H3. The molecule has 0 rings (SSSR count). The molecule has 0 fully saturated rings. The monoisotopic (exact) mass is 270 g/mol. The smallest absolute Gasteiger partial charge is 0.593 e. The molecular weight excluding hydrogens is 251 g/mol. The van der Waals surface area contributed by atoms with Crippen LogP contribution in [0.15, 0.2) is 0 Å². The number of hydrogen-bond donors (Lipinski definition) is 0. The predicted molar refractivity (Wildman–Crippen MR) is 58.8 cm³/mol. The molecule has 0 heterocycles. The van der Waals surface area contributed by atoms with Crippen molar-refractivity contribution in [3.8, 4) is 0 Å². The lowest BCUT2D eigenvalue weighted by Crippen LogP contribution is -2.51. The molecule has 0 spiro atoms. The van der Waals surface area contributed by atoms with Crippen LogP contribution < -0.4 is 4.89 Å². The lowest BCUT2D eigenvalue weighted by atomic mass is 10.9. The lowest BCUT2D eigenvalue weighted by molar-refractivity contribution is -0.173. The van der Waals surface area contributed by atoms with E-state index in [0.717, 1.165) is 0 Å². The summed E-state index contributed by atoms with van der Waals surface area (Å²) < 4.78 is 32.1. The van der Waals surface area contributed by atoms with Crippen molar-refractivity contribution < 1.29 is 27.2 Å². The third-order valence-electron chi connectivity index (χ3n) is 1.58. The number of rotatable bonds is 9. The zero-order valence-electron chi connectivity index (χ0n) is 10.1. The van der Waals surface area contributed by atoms with Crippen molar-refractivity contribution in [2.75, 3.05) is 19.8 Å². The van der Waals surface area contributed by atoms with E-state index in [1.54, 1.807) is 20.8 Å².